The van der Waals surface area contributed by atoms with E-state index in [4.69, 9.17) is 4.74 Å². The van der Waals surface area contributed by atoms with Crippen LogP contribution in [0.25, 0.3) is 0 Å². The lowest BCUT2D eigenvalue weighted by Crippen LogP contribution is -2.17. The zero-order chi connectivity index (χ0) is 11.4. The molecule has 16 heavy (non-hydrogen) atoms. The maximum Gasteiger partial charge on any atom is 0.306 e. The second-order valence-corrected chi connectivity index (χ2v) is 4.46. The molecule has 0 fully saturated rings. The molecule has 0 saturated carbocycles. The molecular weight excluding hydrogens is 200 g/mol. The lowest BCUT2D eigenvalue weighted by Gasteiger charge is -2.17. The number of hydrogen-bond donors (Lipinski definition) is 0. The monoisotopic (exact) mass is 218 g/mol. The Balaban J connectivity index is 2.15. The molecule has 0 spiro atoms. The van der Waals surface area contributed by atoms with E-state index in [9.17, 15) is 4.79 Å². The molecular formula is C14H18O2. The van der Waals surface area contributed by atoms with Crippen LogP contribution in [0.4, 0.5) is 0 Å². The average Bonchev–Trinajstić information content (AvgIpc) is 2.27. The van der Waals surface area contributed by atoms with Crippen molar-refractivity contribution in [1.82, 2.24) is 0 Å². The van der Waals surface area contributed by atoms with E-state index in [1.165, 1.54) is 11.1 Å². The van der Waals surface area contributed by atoms with E-state index in [0.29, 0.717) is 6.42 Å². The Morgan fingerprint density at radius 3 is 2.56 bits per heavy atom. The molecule has 1 unspecified atom stereocenters. The lowest BCUT2D eigenvalue weighted by molar-refractivity contribution is -0.148. The summed E-state index contributed by atoms with van der Waals surface area (Å²) in [6.07, 6.45) is 4.38. The van der Waals surface area contributed by atoms with Gasteiger partial charge in [0.05, 0.1) is 6.10 Å². The van der Waals surface area contributed by atoms with Crippen LogP contribution in [-0.2, 0) is 22.4 Å². The normalized spacial score (nSPS) is 22.1. The van der Waals surface area contributed by atoms with Crippen LogP contribution >= 0.6 is 0 Å². The fraction of sp³-hybridized carbons (Fsp3) is 0.500. The summed E-state index contributed by atoms with van der Waals surface area (Å²) in [7, 11) is 0. The Morgan fingerprint density at radius 2 is 1.81 bits per heavy atom. The molecule has 1 heterocycles. The third kappa shape index (κ3) is 2.84. The highest BCUT2D eigenvalue weighted by molar-refractivity contribution is 5.69. The topological polar surface area (TPSA) is 26.3 Å². The molecule has 2 nitrogen and oxygen atoms in total. The van der Waals surface area contributed by atoms with E-state index in [0.717, 1.165) is 25.7 Å². The third-order valence-electron chi connectivity index (χ3n) is 3.10. The quantitative estimate of drug-likeness (QED) is 0.626. The van der Waals surface area contributed by atoms with Crippen molar-refractivity contribution < 1.29 is 9.53 Å². The molecule has 1 atom stereocenters. The van der Waals surface area contributed by atoms with Gasteiger partial charge in [0.2, 0.25) is 0 Å². The summed E-state index contributed by atoms with van der Waals surface area (Å²) in [6.45, 7) is 1.97. The fourth-order valence-corrected chi connectivity index (χ4v) is 2.17. The van der Waals surface area contributed by atoms with Gasteiger partial charge in [0.1, 0.15) is 0 Å². The van der Waals surface area contributed by atoms with Gasteiger partial charge in [-0.2, -0.15) is 0 Å². The van der Waals surface area contributed by atoms with Gasteiger partial charge >= 0.3 is 5.97 Å². The molecule has 2 heteroatoms. The van der Waals surface area contributed by atoms with Crippen LogP contribution in [0.15, 0.2) is 24.3 Å². The van der Waals surface area contributed by atoms with Crippen LogP contribution in [0, 0.1) is 0 Å². The molecule has 0 aliphatic carbocycles. The number of cyclic esters (lactones) is 1. The molecule has 0 saturated heterocycles. The average molecular weight is 218 g/mol. The number of ether oxygens (including phenoxy) is 1. The Kier molecular flexibility index (Phi) is 3.60. The van der Waals surface area contributed by atoms with Gasteiger partial charge in [-0.05, 0) is 43.7 Å². The Labute approximate surface area is 96.6 Å². The van der Waals surface area contributed by atoms with E-state index in [1.54, 1.807) is 0 Å². The molecule has 0 N–H and O–H groups in total. The predicted octanol–water partition coefficient (Wildman–Crippen LogP) is 2.89. The van der Waals surface area contributed by atoms with Gasteiger partial charge in [0.15, 0.2) is 0 Å². The summed E-state index contributed by atoms with van der Waals surface area (Å²) in [5.74, 6) is -0.0492. The summed E-state index contributed by atoms with van der Waals surface area (Å²) in [6, 6.07) is 8.52. The van der Waals surface area contributed by atoms with Crippen LogP contribution in [0.1, 0.15) is 37.3 Å². The molecule has 2 rings (SSSR count). The van der Waals surface area contributed by atoms with Crippen LogP contribution in [0.5, 0.6) is 0 Å². The maximum atomic E-state index is 11.4. The lowest BCUT2D eigenvalue weighted by atomic mass is 9.97. The number of fused-ring (bicyclic) bond motifs is 1. The largest absolute Gasteiger partial charge is 0.463 e. The molecule has 1 aromatic carbocycles. The SMILES string of the molecule is CC1CCc2ccccc2CCCC(=O)O1. The molecule has 0 radical (unpaired) electrons. The fourth-order valence-electron chi connectivity index (χ4n) is 2.17. The molecule has 1 aromatic rings. The Bertz CT molecular complexity index is 371. The van der Waals surface area contributed by atoms with E-state index < -0.39 is 0 Å². The molecule has 1 aliphatic rings. The number of esters is 1. The van der Waals surface area contributed by atoms with E-state index in [1.807, 2.05) is 6.92 Å². The molecule has 0 amide bonds. The second kappa shape index (κ2) is 5.15. The highest BCUT2D eigenvalue weighted by atomic mass is 16.5. The summed E-state index contributed by atoms with van der Waals surface area (Å²) >= 11 is 0. The number of carbonyl (C=O) groups excluding carboxylic acids is 1. The van der Waals surface area contributed by atoms with Crippen molar-refractivity contribution in [2.24, 2.45) is 0 Å². The van der Waals surface area contributed by atoms with Gasteiger partial charge in [-0.3, -0.25) is 4.79 Å². The van der Waals surface area contributed by atoms with E-state index in [-0.39, 0.29) is 12.1 Å². The van der Waals surface area contributed by atoms with Crippen molar-refractivity contribution in [3.05, 3.63) is 35.4 Å². The van der Waals surface area contributed by atoms with E-state index in [2.05, 4.69) is 24.3 Å². The second-order valence-electron chi connectivity index (χ2n) is 4.46. The first kappa shape index (κ1) is 11.2. The van der Waals surface area contributed by atoms with Crippen LogP contribution < -0.4 is 0 Å². The van der Waals surface area contributed by atoms with Crippen LogP contribution in [-0.4, -0.2) is 12.1 Å². The number of carbonyl (C=O) groups is 1. The first-order valence-corrected chi connectivity index (χ1v) is 6.02. The first-order valence-electron chi connectivity index (χ1n) is 6.02. The standard InChI is InChI=1S/C14H18O2/c1-11-9-10-13-6-3-2-5-12(13)7-4-8-14(15)16-11/h2-3,5-6,11H,4,7-10H2,1H3. The maximum absolute atomic E-state index is 11.4. The van der Waals surface area contributed by atoms with Crippen molar-refractivity contribution >= 4 is 5.97 Å². The van der Waals surface area contributed by atoms with Crippen LogP contribution in [0.2, 0.25) is 0 Å². The number of rotatable bonds is 0. The zero-order valence-corrected chi connectivity index (χ0v) is 9.74. The third-order valence-corrected chi connectivity index (χ3v) is 3.10. The molecule has 1 aliphatic heterocycles. The van der Waals surface area contributed by atoms with Gasteiger partial charge < -0.3 is 4.74 Å². The first-order chi connectivity index (χ1) is 7.75. The van der Waals surface area contributed by atoms with Gasteiger partial charge in [-0.25, -0.2) is 0 Å². The number of benzene rings is 1. The highest BCUT2D eigenvalue weighted by Crippen LogP contribution is 2.17. The minimum atomic E-state index is -0.0492. The molecule has 0 aromatic heterocycles. The summed E-state index contributed by atoms with van der Waals surface area (Å²) in [5, 5.41) is 0. The molecule has 0 bridgehead atoms. The molecule has 86 valence electrons. The number of aryl methyl sites for hydroxylation is 2. The van der Waals surface area contributed by atoms with Gasteiger partial charge in [-0.15, -0.1) is 0 Å². The Morgan fingerprint density at radius 1 is 1.12 bits per heavy atom. The van der Waals surface area contributed by atoms with Crippen molar-refractivity contribution in [2.75, 3.05) is 0 Å². The van der Waals surface area contributed by atoms with Crippen molar-refractivity contribution in [1.29, 1.82) is 0 Å². The zero-order valence-electron chi connectivity index (χ0n) is 9.74. The van der Waals surface area contributed by atoms with Crippen molar-refractivity contribution in [3.8, 4) is 0 Å². The van der Waals surface area contributed by atoms with E-state index >= 15 is 0 Å². The van der Waals surface area contributed by atoms with Gasteiger partial charge in [0.25, 0.3) is 0 Å². The minimum Gasteiger partial charge on any atom is -0.463 e. The van der Waals surface area contributed by atoms with Crippen molar-refractivity contribution in [3.63, 3.8) is 0 Å². The van der Waals surface area contributed by atoms with Crippen molar-refractivity contribution in [2.45, 2.75) is 45.1 Å². The van der Waals surface area contributed by atoms with Gasteiger partial charge in [-0.1, -0.05) is 24.3 Å². The summed E-state index contributed by atoms with van der Waals surface area (Å²) < 4.78 is 5.30. The predicted molar refractivity (Wildman–Crippen MR) is 63.3 cm³/mol. The Hall–Kier alpha value is -1.31. The summed E-state index contributed by atoms with van der Waals surface area (Å²) in [5.41, 5.74) is 2.80. The summed E-state index contributed by atoms with van der Waals surface area (Å²) in [4.78, 5) is 11.4. The number of hydrogen-bond acceptors (Lipinski definition) is 2. The highest BCUT2D eigenvalue weighted by Gasteiger charge is 2.13. The minimum absolute atomic E-state index is 0.0404. The smallest absolute Gasteiger partial charge is 0.306 e. The van der Waals surface area contributed by atoms with Gasteiger partial charge in [0, 0.05) is 6.42 Å². The van der Waals surface area contributed by atoms with Crippen LogP contribution in [0.3, 0.4) is 0 Å².